The molecule has 0 aliphatic heterocycles. The monoisotopic (exact) mass is 274 g/mol. The molecule has 0 bridgehead atoms. The summed E-state index contributed by atoms with van der Waals surface area (Å²) < 4.78 is 7.07. The van der Waals surface area contributed by atoms with Gasteiger partial charge in [-0.1, -0.05) is 23.7 Å². The molecule has 1 aromatic carbocycles. The van der Waals surface area contributed by atoms with E-state index in [1.165, 1.54) is 6.33 Å². The fraction of sp³-hybridized carbons (Fsp3) is 0.154. The number of fused-ring (bicyclic) bond motifs is 1. The van der Waals surface area contributed by atoms with E-state index in [0.29, 0.717) is 17.2 Å². The smallest absolute Gasteiger partial charge is 0.165 e. The zero-order valence-corrected chi connectivity index (χ0v) is 11.0. The fourth-order valence-electron chi connectivity index (χ4n) is 1.90. The Kier molecular flexibility index (Phi) is 3.05. The van der Waals surface area contributed by atoms with Gasteiger partial charge in [0.25, 0.3) is 0 Å². The summed E-state index contributed by atoms with van der Waals surface area (Å²) in [5.74, 6) is 0.838. The van der Waals surface area contributed by atoms with Crippen LogP contribution in [0.3, 0.4) is 0 Å². The van der Waals surface area contributed by atoms with Crippen LogP contribution < -0.4 is 4.74 Å². The second kappa shape index (κ2) is 4.85. The van der Waals surface area contributed by atoms with Crippen molar-refractivity contribution < 1.29 is 4.74 Å². The Bertz CT molecular complexity index is 708. The van der Waals surface area contributed by atoms with E-state index < -0.39 is 0 Å². The number of hydrogen-bond donors (Lipinski definition) is 0. The van der Waals surface area contributed by atoms with E-state index in [-0.39, 0.29) is 0 Å². The number of aromatic nitrogens is 4. The van der Waals surface area contributed by atoms with Crippen LogP contribution >= 0.6 is 11.6 Å². The average Bonchev–Trinajstić information content (AvgIpc) is 2.84. The topological polar surface area (TPSA) is 52.8 Å². The minimum absolute atomic E-state index is 0.374. The predicted molar refractivity (Wildman–Crippen MR) is 72.4 cm³/mol. The molecule has 0 unspecified atom stereocenters. The predicted octanol–water partition coefficient (Wildman–Crippen LogP) is 2.54. The third-order valence-electron chi connectivity index (χ3n) is 2.87. The Morgan fingerprint density at radius 1 is 1.16 bits per heavy atom. The van der Waals surface area contributed by atoms with E-state index in [1.54, 1.807) is 13.4 Å². The van der Waals surface area contributed by atoms with Crippen molar-refractivity contribution in [3.8, 4) is 5.75 Å². The molecule has 19 heavy (non-hydrogen) atoms. The van der Waals surface area contributed by atoms with Crippen molar-refractivity contribution in [1.82, 2.24) is 19.5 Å². The minimum atomic E-state index is 0.374. The van der Waals surface area contributed by atoms with Crippen LogP contribution in [-0.4, -0.2) is 26.6 Å². The molecule has 2 heterocycles. The molecule has 6 heteroatoms. The van der Waals surface area contributed by atoms with Crippen LogP contribution in [0.5, 0.6) is 5.75 Å². The third-order valence-corrected chi connectivity index (χ3v) is 3.15. The van der Waals surface area contributed by atoms with Crippen molar-refractivity contribution in [2.75, 3.05) is 7.11 Å². The lowest BCUT2D eigenvalue weighted by Gasteiger charge is -2.05. The first-order chi connectivity index (χ1) is 9.28. The summed E-state index contributed by atoms with van der Waals surface area (Å²) in [5, 5.41) is 0.374. The molecule has 5 nitrogen and oxygen atoms in total. The van der Waals surface area contributed by atoms with Crippen molar-refractivity contribution in [3.63, 3.8) is 0 Å². The number of halogens is 1. The summed E-state index contributed by atoms with van der Waals surface area (Å²) in [6.07, 6.45) is 3.16. The molecule has 0 spiro atoms. The number of ether oxygens (including phenoxy) is 1. The molecule has 0 fully saturated rings. The van der Waals surface area contributed by atoms with Crippen LogP contribution in [0.4, 0.5) is 0 Å². The number of imidazole rings is 1. The Morgan fingerprint density at radius 3 is 2.68 bits per heavy atom. The largest absolute Gasteiger partial charge is 0.497 e. The molecule has 0 aliphatic carbocycles. The average molecular weight is 275 g/mol. The molecule has 2 aromatic heterocycles. The second-order valence-electron chi connectivity index (χ2n) is 4.06. The van der Waals surface area contributed by atoms with Crippen molar-refractivity contribution >= 4 is 22.8 Å². The Hall–Kier alpha value is -2.14. The van der Waals surface area contributed by atoms with Crippen LogP contribution in [0.2, 0.25) is 5.15 Å². The Labute approximate surface area is 114 Å². The van der Waals surface area contributed by atoms with E-state index in [9.17, 15) is 0 Å². The molecule has 3 rings (SSSR count). The van der Waals surface area contributed by atoms with E-state index in [1.807, 2.05) is 28.8 Å². The highest BCUT2D eigenvalue weighted by Gasteiger charge is 2.08. The standard InChI is InChI=1S/C13H11ClN4O/c1-19-10-4-2-9(3-5-10)6-18-8-17-11-12(14)15-7-16-13(11)18/h2-5,7-8H,6H2,1H3. The zero-order chi connectivity index (χ0) is 13.2. The minimum Gasteiger partial charge on any atom is -0.497 e. The van der Waals surface area contributed by atoms with E-state index >= 15 is 0 Å². The van der Waals surface area contributed by atoms with Gasteiger partial charge in [-0.2, -0.15) is 0 Å². The number of hydrogen-bond acceptors (Lipinski definition) is 4. The summed E-state index contributed by atoms with van der Waals surface area (Å²) in [6, 6.07) is 7.87. The van der Waals surface area contributed by atoms with Gasteiger partial charge < -0.3 is 9.30 Å². The van der Waals surface area contributed by atoms with Crippen molar-refractivity contribution in [2.45, 2.75) is 6.54 Å². The first-order valence-electron chi connectivity index (χ1n) is 5.72. The van der Waals surface area contributed by atoms with Gasteiger partial charge in [0, 0.05) is 0 Å². The summed E-state index contributed by atoms with van der Waals surface area (Å²) >= 11 is 5.97. The maximum absolute atomic E-state index is 5.97. The molecule has 0 saturated carbocycles. The number of rotatable bonds is 3. The molecule has 3 aromatic rings. The second-order valence-corrected chi connectivity index (χ2v) is 4.42. The van der Waals surface area contributed by atoms with Gasteiger partial charge >= 0.3 is 0 Å². The Morgan fingerprint density at radius 2 is 1.95 bits per heavy atom. The van der Waals surface area contributed by atoms with Gasteiger partial charge in [-0.3, -0.25) is 0 Å². The fourth-order valence-corrected chi connectivity index (χ4v) is 2.07. The van der Waals surface area contributed by atoms with Gasteiger partial charge in [-0.15, -0.1) is 0 Å². The number of benzene rings is 1. The molecule has 0 radical (unpaired) electrons. The molecule has 0 atom stereocenters. The quantitative estimate of drug-likeness (QED) is 0.689. The normalized spacial score (nSPS) is 10.8. The van der Waals surface area contributed by atoms with Gasteiger partial charge in [-0.05, 0) is 17.7 Å². The van der Waals surface area contributed by atoms with Gasteiger partial charge in [-0.25, -0.2) is 15.0 Å². The highest BCUT2D eigenvalue weighted by atomic mass is 35.5. The number of nitrogens with zero attached hydrogens (tertiary/aromatic N) is 4. The zero-order valence-electron chi connectivity index (χ0n) is 10.2. The van der Waals surface area contributed by atoms with Crippen molar-refractivity contribution in [3.05, 3.63) is 47.6 Å². The SMILES string of the molecule is COc1ccc(Cn2cnc3c(Cl)ncnc32)cc1. The van der Waals surface area contributed by atoms with Crippen LogP contribution in [0.1, 0.15) is 5.56 Å². The Balaban J connectivity index is 1.94. The molecule has 0 aliphatic rings. The first-order valence-corrected chi connectivity index (χ1v) is 6.10. The van der Waals surface area contributed by atoms with Crippen molar-refractivity contribution in [2.24, 2.45) is 0 Å². The lowest BCUT2D eigenvalue weighted by molar-refractivity contribution is 0.414. The molecule has 0 amide bonds. The molecule has 0 N–H and O–H groups in total. The molecule has 0 saturated heterocycles. The van der Waals surface area contributed by atoms with Gasteiger partial charge in [0.2, 0.25) is 0 Å². The summed E-state index contributed by atoms with van der Waals surface area (Å²) in [4.78, 5) is 12.4. The summed E-state index contributed by atoms with van der Waals surface area (Å²) in [5.41, 5.74) is 2.49. The van der Waals surface area contributed by atoms with Crippen LogP contribution in [0.15, 0.2) is 36.9 Å². The lowest BCUT2D eigenvalue weighted by Crippen LogP contribution is -1.99. The van der Waals surface area contributed by atoms with Crippen LogP contribution in [0, 0.1) is 0 Å². The summed E-state index contributed by atoms with van der Waals surface area (Å²) in [7, 11) is 1.65. The van der Waals surface area contributed by atoms with Crippen LogP contribution in [0.25, 0.3) is 11.2 Å². The molecular formula is C13H11ClN4O. The van der Waals surface area contributed by atoms with E-state index in [4.69, 9.17) is 16.3 Å². The van der Waals surface area contributed by atoms with Gasteiger partial charge in [0.05, 0.1) is 20.0 Å². The third kappa shape index (κ3) is 2.24. The van der Waals surface area contributed by atoms with Gasteiger partial charge in [0.15, 0.2) is 10.8 Å². The highest BCUT2D eigenvalue weighted by molar-refractivity contribution is 6.33. The van der Waals surface area contributed by atoms with Crippen molar-refractivity contribution in [1.29, 1.82) is 0 Å². The first kappa shape index (κ1) is 11.9. The van der Waals surface area contributed by atoms with E-state index in [0.717, 1.165) is 17.0 Å². The molecular weight excluding hydrogens is 264 g/mol. The van der Waals surface area contributed by atoms with E-state index in [2.05, 4.69) is 15.0 Å². The van der Waals surface area contributed by atoms with Gasteiger partial charge in [0.1, 0.15) is 17.6 Å². The maximum Gasteiger partial charge on any atom is 0.165 e. The number of methoxy groups -OCH3 is 1. The van der Waals surface area contributed by atoms with Crippen LogP contribution in [-0.2, 0) is 6.54 Å². The lowest BCUT2D eigenvalue weighted by atomic mass is 10.2. The molecule has 96 valence electrons. The maximum atomic E-state index is 5.97. The highest BCUT2D eigenvalue weighted by Crippen LogP contribution is 2.19. The summed E-state index contributed by atoms with van der Waals surface area (Å²) in [6.45, 7) is 0.674.